The summed E-state index contributed by atoms with van der Waals surface area (Å²) in [6.07, 6.45) is 4.99. The number of hydrogen-bond acceptors (Lipinski definition) is 15. The van der Waals surface area contributed by atoms with Gasteiger partial charge in [-0.2, -0.15) is 12.6 Å². The Morgan fingerprint density at radius 1 is 0.602 bits per heavy atom. The van der Waals surface area contributed by atoms with Gasteiger partial charge >= 0.3 is 11.9 Å². The zero-order chi connectivity index (χ0) is 62.7. The van der Waals surface area contributed by atoms with Crippen molar-refractivity contribution in [3.63, 3.8) is 0 Å². The first kappa shape index (κ1) is 72.5. The highest BCUT2D eigenvalue weighted by Crippen LogP contribution is 2.28. The number of primary amides is 1. The second-order valence-corrected chi connectivity index (χ2v) is 23.1. The van der Waals surface area contributed by atoms with Gasteiger partial charge in [0, 0.05) is 18.7 Å². The lowest BCUT2D eigenvalue weighted by molar-refractivity contribution is -0.142. The van der Waals surface area contributed by atoms with Crippen molar-refractivity contribution in [3.05, 3.63) is 0 Å². The number of carbonyl (C=O) groups is 12. The van der Waals surface area contributed by atoms with Gasteiger partial charge in [-0.25, -0.2) is 0 Å². The maximum absolute atomic E-state index is 14.6. The van der Waals surface area contributed by atoms with Crippen molar-refractivity contribution in [3.8, 4) is 0 Å². The maximum Gasteiger partial charge on any atom is 0.306 e. The van der Waals surface area contributed by atoms with Crippen LogP contribution >= 0.6 is 12.6 Å². The van der Waals surface area contributed by atoms with E-state index in [4.69, 9.17) is 11.5 Å². The van der Waals surface area contributed by atoms with E-state index in [0.717, 1.165) is 32.1 Å². The second kappa shape index (κ2) is 36.9. The topological polar surface area (TPSA) is 429 Å². The standard InChI is InChI=1S/C55H94N12O15S/c1-9-11-18-34(47(74)64-40(27-68)52(79)61-36(46(57)73)23-29(3)4)60-53(80)42-19-15-22-67(42)55(82)41(28-83)65-49(76)38(25-33-16-13-12-14-17-33)63-54(81)45(31(7)10-2)66-51(78)37(24-30(5)6)62-48(75)35(20-21-43(69)70)59-50(77)39(26-44(71)72)58-32(8)56/h29-31,33-42,45,68,83H,9-28H2,1-8H3,(H2,56,58)(H2,57,73)(H,59,77)(H,60,80)(H,61,79)(H,62,75)(H,63,81)(H,64,74)(H,65,76)(H,66,78)(H,69,70)(H,71,72)/t31-,34-,35+,36-,37-,38-,39-,40-,41-,42-,45-/m0/s1. The van der Waals surface area contributed by atoms with Gasteiger partial charge in [0.2, 0.25) is 59.1 Å². The molecule has 2 rings (SSSR count). The first-order chi connectivity index (χ1) is 39.1. The number of hydrogen-bond donors (Lipinski definition) is 14. The summed E-state index contributed by atoms with van der Waals surface area (Å²) in [4.78, 5) is 166. The number of nitrogens with two attached hydrogens (primary N) is 2. The van der Waals surface area contributed by atoms with E-state index in [9.17, 15) is 72.9 Å². The highest BCUT2D eigenvalue weighted by atomic mass is 32.1. The minimum Gasteiger partial charge on any atom is -0.481 e. The Bertz CT molecular complexity index is 2260. The number of unbranched alkanes of at least 4 members (excludes halogenated alkanes) is 1. The van der Waals surface area contributed by atoms with Gasteiger partial charge in [0.15, 0.2) is 0 Å². The maximum atomic E-state index is 14.6. The molecule has 1 heterocycles. The lowest BCUT2D eigenvalue weighted by atomic mass is 9.84. The fourth-order valence-corrected chi connectivity index (χ4v) is 10.2. The molecule has 28 heteroatoms. The number of aliphatic hydroxyl groups is 1. The molecule has 2 aliphatic rings. The Labute approximate surface area is 492 Å². The van der Waals surface area contributed by atoms with E-state index in [1.54, 1.807) is 27.7 Å². The SMILES string of the molecule is CCCC[C@H](NC(=O)[C@@H]1CCCN1C(=O)[C@H](CS)NC(=O)[C@H](CC1CCCCC1)NC(=O)[C@@H](NC(=O)[C@H](CC(C)C)NC(=O)[C@@H](CCC(=O)O)NC(=O)[C@H](CC(=O)O)N=C(C)N)[C@@H](C)CC)C(=O)N[C@@H](CO)C(=O)N[C@@H](CC(C)C)C(N)=O. The Hall–Kier alpha value is -6.58. The van der Waals surface area contributed by atoms with Crippen molar-refractivity contribution in [2.75, 3.05) is 18.9 Å². The molecule has 10 amide bonds. The highest BCUT2D eigenvalue weighted by molar-refractivity contribution is 7.80. The van der Waals surface area contributed by atoms with E-state index in [0.29, 0.717) is 25.7 Å². The largest absolute Gasteiger partial charge is 0.481 e. The average Bonchev–Trinajstić information content (AvgIpc) is 4.05. The summed E-state index contributed by atoms with van der Waals surface area (Å²) in [7, 11) is 0. The number of amides is 10. The second-order valence-electron chi connectivity index (χ2n) is 22.7. The van der Waals surface area contributed by atoms with Crippen LogP contribution in [0.4, 0.5) is 0 Å². The summed E-state index contributed by atoms with van der Waals surface area (Å²) in [5.41, 5.74) is 11.1. The lowest BCUT2D eigenvalue weighted by Gasteiger charge is -2.32. The first-order valence-electron chi connectivity index (χ1n) is 29.0. The summed E-state index contributed by atoms with van der Waals surface area (Å²) in [6.45, 7) is 13.1. The van der Waals surface area contributed by atoms with Gasteiger partial charge in [-0.15, -0.1) is 0 Å². The van der Waals surface area contributed by atoms with Gasteiger partial charge < -0.3 is 74.2 Å². The molecular weight excluding hydrogens is 1100 g/mol. The molecule has 0 aromatic heterocycles. The number of amidine groups is 1. The number of carboxylic acids is 2. The molecule has 1 saturated heterocycles. The molecule has 11 atom stereocenters. The van der Waals surface area contributed by atoms with Crippen molar-refractivity contribution in [2.45, 2.75) is 225 Å². The summed E-state index contributed by atoms with van der Waals surface area (Å²) in [5.74, 6) is -11.9. The summed E-state index contributed by atoms with van der Waals surface area (Å²) in [6, 6.07) is -13.2. The number of nitrogens with one attached hydrogen (secondary N) is 8. The summed E-state index contributed by atoms with van der Waals surface area (Å²) >= 11 is 4.42. The monoisotopic (exact) mass is 1190 g/mol. The molecule has 15 N–H and O–H groups in total. The van der Waals surface area contributed by atoms with Crippen LogP contribution in [0.3, 0.4) is 0 Å². The molecule has 0 aromatic carbocycles. The van der Waals surface area contributed by atoms with Gasteiger partial charge in [0.05, 0.1) is 18.9 Å². The van der Waals surface area contributed by atoms with E-state index in [1.807, 2.05) is 20.8 Å². The average molecular weight is 1200 g/mol. The van der Waals surface area contributed by atoms with Gasteiger partial charge in [0.1, 0.15) is 60.4 Å². The van der Waals surface area contributed by atoms with Crippen LogP contribution in [-0.4, -0.2) is 176 Å². The van der Waals surface area contributed by atoms with E-state index in [-0.39, 0.29) is 68.0 Å². The fraction of sp³-hybridized carbons (Fsp3) is 0.764. The predicted molar refractivity (Wildman–Crippen MR) is 310 cm³/mol. The summed E-state index contributed by atoms with van der Waals surface area (Å²) in [5, 5.41) is 49.9. The van der Waals surface area contributed by atoms with Crippen LogP contribution in [0.5, 0.6) is 0 Å². The van der Waals surface area contributed by atoms with Crippen LogP contribution in [-0.2, 0) is 57.5 Å². The van der Waals surface area contributed by atoms with Crippen LogP contribution in [0, 0.1) is 23.7 Å². The molecule has 2 fully saturated rings. The van der Waals surface area contributed by atoms with E-state index in [2.05, 4.69) is 60.2 Å². The van der Waals surface area contributed by atoms with Crippen LogP contribution < -0.4 is 54.0 Å². The van der Waals surface area contributed by atoms with Crippen molar-refractivity contribution >= 4 is 89.5 Å². The van der Waals surface area contributed by atoms with E-state index in [1.165, 1.54) is 11.8 Å². The molecule has 1 saturated carbocycles. The number of carbonyl (C=O) groups excluding carboxylic acids is 10. The number of thiol groups is 1. The molecule has 1 aliphatic carbocycles. The van der Waals surface area contributed by atoms with Gasteiger partial charge in [-0.3, -0.25) is 62.5 Å². The first-order valence-corrected chi connectivity index (χ1v) is 29.7. The number of aliphatic carboxylic acids is 2. The molecule has 0 aromatic rings. The minimum absolute atomic E-state index is 0.00387. The summed E-state index contributed by atoms with van der Waals surface area (Å²) < 4.78 is 0. The quantitative estimate of drug-likeness (QED) is 0.0215. The molecule has 1 aliphatic heterocycles. The number of nitrogens with zero attached hydrogens (tertiary/aromatic N) is 2. The molecule has 0 bridgehead atoms. The molecule has 0 radical (unpaired) electrons. The van der Waals surface area contributed by atoms with Gasteiger partial charge in [-0.1, -0.05) is 99.8 Å². The Kier molecular flexibility index (Phi) is 32.2. The van der Waals surface area contributed by atoms with E-state index >= 15 is 0 Å². The lowest BCUT2D eigenvalue weighted by Crippen LogP contribution is -2.61. The molecule has 83 heavy (non-hydrogen) atoms. The smallest absolute Gasteiger partial charge is 0.306 e. The predicted octanol–water partition coefficient (Wildman–Crippen LogP) is -0.353. The number of aliphatic hydroxyl groups excluding tert-OH is 1. The van der Waals surface area contributed by atoms with Crippen molar-refractivity contribution in [1.82, 2.24) is 47.4 Å². The third-order valence-electron chi connectivity index (χ3n) is 14.7. The normalized spacial score (nSPS) is 18.3. The molecule has 0 unspecified atom stereocenters. The van der Waals surface area contributed by atoms with Gasteiger partial charge in [0.25, 0.3) is 0 Å². The third-order valence-corrected chi connectivity index (χ3v) is 15.0. The van der Waals surface area contributed by atoms with Crippen LogP contribution in [0.25, 0.3) is 0 Å². The zero-order valence-electron chi connectivity index (χ0n) is 49.5. The molecule has 0 spiro atoms. The third kappa shape index (κ3) is 25.4. The van der Waals surface area contributed by atoms with Crippen LogP contribution in [0.2, 0.25) is 0 Å². The van der Waals surface area contributed by atoms with E-state index < -0.39 is 163 Å². The van der Waals surface area contributed by atoms with Crippen molar-refractivity contribution < 1.29 is 72.9 Å². The molecule has 27 nitrogen and oxygen atoms in total. The van der Waals surface area contributed by atoms with Gasteiger partial charge in [-0.05, 0) is 75.5 Å². The Balaban J connectivity index is 2.40. The number of carboxylic acid groups (broad SMARTS) is 2. The Morgan fingerprint density at radius 3 is 1.65 bits per heavy atom. The van der Waals surface area contributed by atoms with Crippen LogP contribution in [0.15, 0.2) is 4.99 Å². The number of rotatable bonds is 37. The fourth-order valence-electron chi connectivity index (χ4n) is 9.96. The Morgan fingerprint density at radius 2 is 1.12 bits per heavy atom. The molecule has 470 valence electrons. The highest BCUT2D eigenvalue weighted by Gasteiger charge is 2.41. The minimum atomic E-state index is -1.57. The number of likely N-dealkylation sites (tertiary alicyclic amines) is 1. The van der Waals surface area contributed by atoms with Crippen molar-refractivity contribution in [1.29, 1.82) is 0 Å². The molecular formula is C55H94N12O15S. The zero-order valence-corrected chi connectivity index (χ0v) is 50.4. The van der Waals surface area contributed by atoms with Crippen LogP contribution in [0.1, 0.15) is 165 Å². The number of aliphatic imine (C=N–C) groups is 1. The van der Waals surface area contributed by atoms with Crippen molar-refractivity contribution in [2.24, 2.45) is 40.1 Å².